The Morgan fingerprint density at radius 2 is 1.80 bits per heavy atom. The Kier molecular flexibility index (Phi) is 3.88. The minimum atomic E-state index is -1.02. The second kappa shape index (κ2) is 5.60. The average Bonchev–Trinajstić information content (AvgIpc) is 3.19. The third kappa shape index (κ3) is 3.47. The van der Waals surface area contributed by atoms with E-state index in [1.54, 1.807) is 0 Å². The predicted molar refractivity (Wildman–Crippen MR) is 71.3 cm³/mol. The van der Waals surface area contributed by atoms with Gasteiger partial charge < -0.3 is 21.5 Å². The standard InChI is InChI=1S/C13H15N3O4/c14-13(20)15-9-5-3-8(4-6-9)11(17)16-10(12(18)19)7-1-2-7/h3-7,10H,1-2H2,(H,16,17)(H,18,19)(H3,14,15,20). The summed E-state index contributed by atoms with van der Waals surface area (Å²) in [7, 11) is 0. The van der Waals surface area contributed by atoms with Crippen LogP contribution in [0.1, 0.15) is 23.2 Å². The van der Waals surface area contributed by atoms with Crippen molar-refractivity contribution < 1.29 is 19.5 Å². The van der Waals surface area contributed by atoms with Crippen molar-refractivity contribution in [3.63, 3.8) is 0 Å². The number of hydrogen-bond acceptors (Lipinski definition) is 3. The Morgan fingerprint density at radius 1 is 1.20 bits per heavy atom. The third-order valence-electron chi connectivity index (χ3n) is 3.06. The summed E-state index contributed by atoms with van der Waals surface area (Å²) >= 11 is 0. The highest BCUT2D eigenvalue weighted by Crippen LogP contribution is 2.32. The van der Waals surface area contributed by atoms with Crippen molar-refractivity contribution >= 4 is 23.6 Å². The number of benzene rings is 1. The lowest BCUT2D eigenvalue weighted by Gasteiger charge is -2.13. The van der Waals surface area contributed by atoms with Crippen molar-refractivity contribution in [2.24, 2.45) is 11.7 Å². The highest BCUT2D eigenvalue weighted by molar-refractivity contribution is 5.97. The molecule has 20 heavy (non-hydrogen) atoms. The molecule has 1 saturated carbocycles. The summed E-state index contributed by atoms with van der Waals surface area (Å²) < 4.78 is 0. The van der Waals surface area contributed by atoms with Crippen molar-refractivity contribution in [3.8, 4) is 0 Å². The number of carboxylic acid groups (broad SMARTS) is 1. The van der Waals surface area contributed by atoms with Crippen molar-refractivity contribution in [1.82, 2.24) is 5.32 Å². The second-order valence-electron chi connectivity index (χ2n) is 4.69. The van der Waals surface area contributed by atoms with Crippen LogP contribution in [-0.2, 0) is 4.79 Å². The lowest BCUT2D eigenvalue weighted by Crippen LogP contribution is -2.42. The Labute approximate surface area is 115 Å². The van der Waals surface area contributed by atoms with Crippen LogP contribution in [0.3, 0.4) is 0 Å². The van der Waals surface area contributed by atoms with E-state index in [4.69, 9.17) is 10.8 Å². The SMILES string of the molecule is NC(=O)Nc1ccc(C(=O)NC(C(=O)O)C2CC2)cc1. The monoisotopic (exact) mass is 277 g/mol. The van der Waals surface area contributed by atoms with Crippen LogP contribution in [0.5, 0.6) is 0 Å². The summed E-state index contributed by atoms with van der Waals surface area (Å²) in [6.07, 6.45) is 1.64. The molecule has 1 aliphatic rings. The highest BCUT2D eigenvalue weighted by atomic mass is 16.4. The number of nitrogens with one attached hydrogen (secondary N) is 2. The molecule has 3 amide bonds. The van der Waals surface area contributed by atoms with Gasteiger partial charge in [-0.15, -0.1) is 0 Å². The van der Waals surface area contributed by atoms with Gasteiger partial charge in [0.15, 0.2) is 0 Å². The fourth-order valence-corrected chi connectivity index (χ4v) is 1.88. The van der Waals surface area contributed by atoms with Gasteiger partial charge in [0.1, 0.15) is 6.04 Å². The molecule has 0 aliphatic heterocycles. The van der Waals surface area contributed by atoms with Crippen LogP contribution in [0, 0.1) is 5.92 Å². The first-order chi connectivity index (χ1) is 9.47. The van der Waals surface area contributed by atoms with Crippen molar-refractivity contribution in [2.45, 2.75) is 18.9 Å². The number of carbonyl (C=O) groups excluding carboxylic acids is 2. The normalized spacial score (nSPS) is 15.2. The van der Waals surface area contributed by atoms with Crippen LogP contribution in [0.15, 0.2) is 24.3 Å². The fraction of sp³-hybridized carbons (Fsp3) is 0.308. The second-order valence-corrected chi connectivity index (χ2v) is 4.69. The van der Waals surface area contributed by atoms with Gasteiger partial charge in [0, 0.05) is 11.3 Å². The van der Waals surface area contributed by atoms with Crippen LogP contribution >= 0.6 is 0 Å². The van der Waals surface area contributed by atoms with Gasteiger partial charge in [-0.05, 0) is 43.0 Å². The van der Waals surface area contributed by atoms with Crippen LogP contribution in [0.2, 0.25) is 0 Å². The number of primary amides is 1. The molecule has 1 atom stereocenters. The molecular formula is C13H15N3O4. The number of nitrogens with two attached hydrogens (primary N) is 1. The molecule has 1 unspecified atom stereocenters. The number of amides is 3. The minimum Gasteiger partial charge on any atom is -0.480 e. The largest absolute Gasteiger partial charge is 0.480 e. The number of rotatable bonds is 5. The van der Waals surface area contributed by atoms with E-state index in [1.165, 1.54) is 24.3 Å². The Balaban J connectivity index is 2.01. The first-order valence-corrected chi connectivity index (χ1v) is 6.17. The van der Waals surface area contributed by atoms with Crippen molar-refractivity contribution in [2.75, 3.05) is 5.32 Å². The quantitative estimate of drug-likeness (QED) is 0.635. The Morgan fingerprint density at radius 3 is 2.25 bits per heavy atom. The van der Waals surface area contributed by atoms with E-state index in [0.29, 0.717) is 11.3 Å². The first-order valence-electron chi connectivity index (χ1n) is 6.17. The van der Waals surface area contributed by atoms with Gasteiger partial charge in [0.05, 0.1) is 0 Å². The molecular weight excluding hydrogens is 262 g/mol. The summed E-state index contributed by atoms with van der Waals surface area (Å²) in [5.41, 5.74) is 5.76. The van der Waals surface area contributed by atoms with E-state index < -0.39 is 23.9 Å². The van der Waals surface area contributed by atoms with E-state index in [0.717, 1.165) is 12.8 Å². The summed E-state index contributed by atoms with van der Waals surface area (Å²) in [4.78, 5) is 33.6. The van der Waals surface area contributed by atoms with E-state index in [9.17, 15) is 14.4 Å². The molecule has 0 radical (unpaired) electrons. The van der Waals surface area contributed by atoms with E-state index in [1.807, 2.05) is 0 Å². The maximum Gasteiger partial charge on any atom is 0.326 e. The van der Waals surface area contributed by atoms with Crippen LogP contribution in [0.4, 0.5) is 10.5 Å². The van der Waals surface area contributed by atoms with E-state index in [-0.39, 0.29) is 5.92 Å². The lowest BCUT2D eigenvalue weighted by atomic mass is 10.1. The van der Waals surface area contributed by atoms with Gasteiger partial charge in [-0.25, -0.2) is 9.59 Å². The maximum absolute atomic E-state index is 11.9. The van der Waals surface area contributed by atoms with Gasteiger partial charge >= 0.3 is 12.0 Å². The molecule has 2 rings (SSSR count). The number of urea groups is 1. The molecule has 106 valence electrons. The van der Waals surface area contributed by atoms with Crippen molar-refractivity contribution in [3.05, 3.63) is 29.8 Å². The molecule has 1 aromatic rings. The third-order valence-corrected chi connectivity index (χ3v) is 3.06. The van der Waals surface area contributed by atoms with E-state index >= 15 is 0 Å². The Hall–Kier alpha value is -2.57. The molecule has 0 spiro atoms. The predicted octanol–water partition coefficient (Wildman–Crippen LogP) is 0.770. The van der Waals surface area contributed by atoms with Gasteiger partial charge in [-0.2, -0.15) is 0 Å². The average molecular weight is 277 g/mol. The Bertz CT molecular complexity index is 537. The summed E-state index contributed by atoms with van der Waals surface area (Å²) in [6, 6.07) is 4.49. The maximum atomic E-state index is 11.9. The van der Waals surface area contributed by atoms with E-state index in [2.05, 4.69) is 10.6 Å². The molecule has 7 heteroatoms. The lowest BCUT2D eigenvalue weighted by molar-refractivity contribution is -0.139. The van der Waals surface area contributed by atoms with Gasteiger partial charge in [0.2, 0.25) is 0 Å². The number of carbonyl (C=O) groups is 3. The van der Waals surface area contributed by atoms with Crippen LogP contribution in [0.25, 0.3) is 0 Å². The first kappa shape index (κ1) is 13.9. The molecule has 7 nitrogen and oxygen atoms in total. The molecule has 0 heterocycles. The number of anilines is 1. The fourth-order valence-electron chi connectivity index (χ4n) is 1.88. The summed E-state index contributed by atoms with van der Waals surface area (Å²) in [6.45, 7) is 0. The zero-order chi connectivity index (χ0) is 14.7. The zero-order valence-electron chi connectivity index (χ0n) is 10.6. The molecule has 1 aromatic carbocycles. The zero-order valence-corrected chi connectivity index (χ0v) is 10.6. The smallest absolute Gasteiger partial charge is 0.326 e. The molecule has 0 saturated heterocycles. The summed E-state index contributed by atoms with van der Waals surface area (Å²) in [5.74, 6) is -1.45. The van der Waals surface area contributed by atoms with Gasteiger partial charge in [0.25, 0.3) is 5.91 Å². The summed E-state index contributed by atoms with van der Waals surface area (Å²) in [5, 5.41) is 13.9. The number of carboxylic acids is 1. The molecule has 5 N–H and O–H groups in total. The molecule has 1 aliphatic carbocycles. The van der Waals surface area contributed by atoms with Crippen LogP contribution in [-0.4, -0.2) is 29.1 Å². The highest BCUT2D eigenvalue weighted by Gasteiger charge is 2.37. The van der Waals surface area contributed by atoms with Gasteiger partial charge in [-0.3, -0.25) is 4.79 Å². The van der Waals surface area contributed by atoms with Crippen LogP contribution < -0.4 is 16.4 Å². The number of hydrogen-bond donors (Lipinski definition) is 4. The topological polar surface area (TPSA) is 122 Å². The molecule has 0 bridgehead atoms. The molecule has 0 aromatic heterocycles. The van der Waals surface area contributed by atoms with Gasteiger partial charge in [-0.1, -0.05) is 0 Å². The van der Waals surface area contributed by atoms with Crippen molar-refractivity contribution in [1.29, 1.82) is 0 Å². The number of aliphatic carboxylic acids is 1. The molecule has 1 fully saturated rings. The minimum absolute atomic E-state index is 0.0206.